The molecule has 1 heterocycles. The Hall–Kier alpha value is -2.52. The maximum absolute atomic E-state index is 13.0. The summed E-state index contributed by atoms with van der Waals surface area (Å²) in [6.07, 6.45) is -1.41. The third kappa shape index (κ3) is 6.00. The number of carbonyl (C=O) groups excluding carboxylic acids is 4. The molecule has 0 aromatic heterocycles. The van der Waals surface area contributed by atoms with E-state index in [0.29, 0.717) is 0 Å². The Labute approximate surface area is 159 Å². The van der Waals surface area contributed by atoms with Gasteiger partial charge in [-0.05, 0) is 26.7 Å². The number of carbonyl (C=O) groups is 4. The monoisotopic (exact) mass is 387 g/mol. The van der Waals surface area contributed by atoms with Crippen LogP contribution in [0.3, 0.4) is 0 Å². The van der Waals surface area contributed by atoms with E-state index in [9.17, 15) is 19.2 Å². The lowest BCUT2D eigenvalue weighted by Gasteiger charge is -2.29. The molecule has 1 N–H and O–H groups in total. The van der Waals surface area contributed by atoms with Crippen LogP contribution >= 0.6 is 0 Å². The van der Waals surface area contributed by atoms with Gasteiger partial charge in [-0.2, -0.15) is 0 Å². The summed E-state index contributed by atoms with van der Waals surface area (Å²) in [5.41, 5.74) is -0.720. The molecule has 1 aliphatic heterocycles. The molecule has 0 unspecified atom stereocenters. The molecule has 1 fully saturated rings. The molecule has 10 heteroatoms. The van der Waals surface area contributed by atoms with E-state index in [0.717, 1.165) is 0 Å². The quantitative estimate of drug-likeness (QED) is 0.564. The van der Waals surface area contributed by atoms with Gasteiger partial charge in [-0.25, -0.2) is 14.4 Å². The van der Waals surface area contributed by atoms with E-state index in [4.69, 9.17) is 9.47 Å². The zero-order valence-electron chi connectivity index (χ0n) is 16.9. The number of methoxy groups -OCH3 is 2. The van der Waals surface area contributed by atoms with E-state index < -0.39 is 41.7 Å². The molecule has 0 bridgehead atoms. The molecule has 2 atom stereocenters. The molecule has 0 saturated carbocycles. The number of nitrogens with zero attached hydrogens (tertiary/aromatic N) is 2. The van der Waals surface area contributed by atoms with Crippen LogP contribution in [-0.4, -0.2) is 79.0 Å². The number of alkyl carbamates (subject to hydrolysis) is 1. The average Bonchev–Trinajstić information content (AvgIpc) is 3.01. The van der Waals surface area contributed by atoms with Gasteiger partial charge in [-0.3, -0.25) is 9.69 Å². The van der Waals surface area contributed by atoms with Gasteiger partial charge in [-0.1, -0.05) is 13.8 Å². The maximum Gasteiger partial charge on any atom is 0.411 e. The SMILES string of the molecule is COC(=O)N[C@H](C(=O)N1CN(C(=O)OC(C)(C)C)C[C@H]1C(=O)OC)C(C)C. The lowest BCUT2D eigenvalue weighted by molar-refractivity contribution is -0.151. The van der Waals surface area contributed by atoms with E-state index in [-0.39, 0.29) is 19.1 Å². The van der Waals surface area contributed by atoms with Gasteiger partial charge < -0.3 is 24.4 Å². The molecule has 0 radical (unpaired) electrons. The molecule has 1 rings (SSSR count). The third-order valence-corrected chi connectivity index (χ3v) is 3.89. The van der Waals surface area contributed by atoms with Crippen LogP contribution in [-0.2, 0) is 23.8 Å². The molecule has 0 aliphatic carbocycles. The molecular formula is C17H29N3O7. The summed E-state index contributed by atoms with van der Waals surface area (Å²) >= 11 is 0. The number of amides is 3. The van der Waals surface area contributed by atoms with Crippen molar-refractivity contribution in [1.29, 1.82) is 0 Å². The first-order valence-electron chi connectivity index (χ1n) is 8.62. The second kappa shape index (κ2) is 8.92. The predicted octanol–water partition coefficient (Wildman–Crippen LogP) is 0.945. The molecule has 3 amide bonds. The number of hydrogen-bond donors (Lipinski definition) is 1. The van der Waals surface area contributed by atoms with Gasteiger partial charge in [0.15, 0.2) is 0 Å². The number of hydrogen-bond acceptors (Lipinski definition) is 7. The van der Waals surface area contributed by atoms with Crippen LogP contribution in [0.4, 0.5) is 9.59 Å². The Kier molecular flexibility index (Phi) is 7.44. The van der Waals surface area contributed by atoms with Gasteiger partial charge in [0, 0.05) is 0 Å². The fourth-order valence-corrected chi connectivity index (χ4v) is 2.55. The molecule has 154 valence electrons. The second-order valence-electron chi connectivity index (χ2n) is 7.55. The normalized spacial score (nSPS) is 18.1. The molecule has 1 aliphatic rings. The van der Waals surface area contributed by atoms with Crippen LogP contribution in [0.25, 0.3) is 0 Å². The standard InChI is InChI=1S/C17H29N3O7/c1-10(2)12(18-15(23)26-7)13(21)20-9-19(8-11(20)14(22)25-6)16(24)27-17(3,4)5/h10-12H,8-9H2,1-7H3,(H,18,23)/t11-,12-/m0/s1. The van der Waals surface area contributed by atoms with E-state index >= 15 is 0 Å². The van der Waals surface area contributed by atoms with Crippen LogP contribution < -0.4 is 5.32 Å². The molecule has 0 aromatic carbocycles. The highest BCUT2D eigenvalue weighted by Gasteiger charge is 2.45. The second-order valence-corrected chi connectivity index (χ2v) is 7.55. The first-order chi connectivity index (χ1) is 12.4. The van der Waals surface area contributed by atoms with E-state index in [1.807, 2.05) is 0 Å². The minimum absolute atomic E-state index is 0.0592. The maximum atomic E-state index is 13.0. The fourth-order valence-electron chi connectivity index (χ4n) is 2.55. The Morgan fingerprint density at radius 3 is 2.11 bits per heavy atom. The number of ether oxygens (including phenoxy) is 3. The highest BCUT2D eigenvalue weighted by atomic mass is 16.6. The van der Waals surface area contributed by atoms with Gasteiger partial charge in [0.2, 0.25) is 5.91 Å². The Morgan fingerprint density at radius 2 is 1.67 bits per heavy atom. The smallest absolute Gasteiger partial charge is 0.411 e. The van der Waals surface area contributed by atoms with Gasteiger partial charge >= 0.3 is 18.2 Å². The lowest BCUT2D eigenvalue weighted by Crippen LogP contribution is -2.54. The Morgan fingerprint density at radius 1 is 1.07 bits per heavy atom. The molecule has 27 heavy (non-hydrogen) atoms. The van der Waals surface area contributed by atoms with Crippen molar-refractivity contribution in [3.8, 4) is 0 Å². The summed E-state index contributed by atoms with van der Waals surface area (Å²) in [6.45, 7) is 8.43. The predicted molar refractivity (Wildman–Crippen MR) is 94.6 cm³/mol. The van der Waals surface area contributed by atoms with E-state index in [1.54, 1.807) is 34.6 Å². The summed E-state index contributed by atoms with van der Waals surface area (Å²) in [7, 11) is 2.39. The largest absolute Gasteiger partial charge is 0.467 e. The summed E-state index contributed by atoms with van der Waals surface area (Å²) < 4.78 is 14.6. The summed E-state index contributed by atoms with van der Waals surface area (Å²) in [5, 5.41) is 2.46. The van der Waals surface area contributed by atoms with Gasteiger partial charge in [0.25, 0.3) is 0 Å². The molecular weight excluding hydrogens is 358 g/mol. The van der Waals surface area contributed by atoms with Crippen molar-refractivity contribution in [2.75, 3.05) is 27.4 Å². The summed E-state index contributed by atoms with van der Waals surface area (Å²) in [4.78, 5) is 51.5. The summed E-state index contributed by atoms with van der Waals surface area (Å²) in [5.74, 6) is -1.45. The Balaban J connectivity index is 3.05. The first-order valence-corrected chi connectivity index (χ1v) is 8.62. The third-order valence-electron chi connectivity index (χ3n) is 3.89. The van der Waals surface area contributed by atoms with Crippen molar-refractivity contribution in [3.63, 3.8) is 0 Å². The highest BCUT2D eigenvalue weighted by Crippen LogP contribution is 2.21. The molecule has 1 saturated heterocycles. The van der Waals surface area contributed by atoms with Crippen LogP contribution in [0.1, 0.15) is 34.6 Å². The average molecular weight is 387 g/mol. The van der Waals surface area contributed by atoms with Crippen LogP contribution in [0.15, 0.2) is 0 Å². The molecule has 0 aromatic rings. The van der Waals surface area contributed by atoms with Gasteiger partial charge in [-0.15, -0.1) is 0 Å². The van der Waals surface area contributed by atoms with Gasteiger partial charge in [0.05, 0.1) is 20.8 Å². The lowest BCUT2D eigenvalue weighted by atomic mass is 10.0. The van der Waals surface area contributed by atoms with Crippen molar-refractivity contribution in [1.82, 2.24) is 15.1 Å². The Bertz CT molecular complexity index is 586. The molecule has 10 nitrogen and oxygen atoms in total. The van der Waals surface area contributed by atoms with Crippen molar-refractivity contribution < 1.29 is 33.4 Å². The van der Waals surface area contributed by atoms with Crippen LogP contribution in [0.2, 0.25) is 0 Å². The van der Waals surface area contributed by atoms with E-state index in [1.165, 1.54) is 24.0 Å². The topological polar surface area (TPSA) is 114 Å². The van der Waals surface area contributed by atoms with Gasteiger partial charge in [0.1, 0.15) is 24.4 Å². The minimum Gasteiger partial charge on any atom is -0.467 e. The fraction of sp³-hybridized carbons (Fsp3) is 0.765. The van der Waals surface area contributed by atoms with Crippen LogP contribution in [0.5, 0.6) is 0 Å². The summed E-state index contributed by atoms with van der Waals surface area (Å²) in [6, 6.07) is -1.92. The zero-order valence-corrected chi connectivity index (χ0v) is 16.9. The van der Waals surface area contributed by atoms with Crippen molar-refractivity contribution in [2.45, 2.75) is 52.3 Å². The van der Waals surface area contributed by atoms with Crippen molar-refractivity contribution >= 4 is 24.1 Å². The highest BCUT2D eigenvalue weighted by molar-refractivity contribution is 5.91. The molecule has 0 spiro atoms. The van der Waals surface area contributed by atoms with Crippen LogP contribution in [0, 0.1) is 5.92 Å². The minimum atomic E-state index is -0.990. The number of esters is 1. The zero-order chi connectivity index (χ0) is 20.9. The number of nitrogens with one attached hydrogen (secondary N) is 1. The first kappa shape index (κ1) is 22.5. The van der Waals surface area contributed by atoms with E-state index in [2.05, 4.69) is 10.1 Å². The van der Waals surface area contributed by atoms with Crippen molar-refractivity contribution in [3.05, 3.63) is 0 Å². The number of rotatable bonds is 4. The van der Waals surface area contributed by atoms with Crippen molar-refractivity contribution in [2.24, 2.45) is 5.92 Å².